The van der Waals surface area contributed by atoms with Crippen LogP contribution in [0.2, 0.25) is 0 Å². The third-order valence-corrected chi connectivity index (χ3v) is 5.43. The highest BCUT2D eigenvalue weighted by Crippen LogP contribution is 2.44. The van der Waals surface area contributed by atoms with E-state index in [4.69, 9.17) is 14.2 Å². The first-order valence-corrected chi connectivity index (χ1v) is 9.02. The van der Waals surface area contributed by atoms with Crippen LogP contribution in [0.1, 0.15) is 21.3 Å². The Morgan fingerprint density at radius 1 is 1.04 bits per heavy atom. The molecular formula is C19H21NO4S. The Bertz CT molecular complexity index is 765. The molecule has 6 heteroatoms. The topological polar surface area (TPSA) is 48.0 Å². The van der Waals surface area contributed by atoms with Gasteiger partial charge in [-0.15, -0.1) is 11.8 Å². The van der Waals surface area contributed by atoms with E-state index in [1.807, 2.05) is 35.2 Å². The molecule has 0 saturated carbocycles. The Balaban J connectivity index is 1.97. The Hall–Kier alpha value is -2.34. The van der Waals surface area contributed by atoms with Crippen LogP contribution in [-0.2, 0) is 0 Å². The fourth-order valence-corrected chi connectivity index (χ4v) is 4.21. The van der Waals surface area contributed by atoms with Gasteiger partial charge in [0.05, 0.1) is 26.9 Å². The highest BCUT2D eigenvalue weighted by molar-refractivity contribution is 7.99. The van der Waals surface area contributed by atoms with E-state index in [9.17, 15) is 4.79 Å². The molecule has 1 saturated heterocycles. The lowest BCUT2D eigenvalue weighted by molar-refractivity contribution is 0.0755. The van der Waals surface area contributed by atoms with Gasteiger partial charge in [0, 0.05) is 17.9 Å². The molecule has 132 valence electrons. The molecule has 1 aliphatic heterocycles. The lowest BCUT2D eigenvalue weighted by Gasteiger charge is -2.26. The lowest BCUT2D eigenvalue weighted by Crippen LogP contribution is -2.30. The Labute approximate surface area is 151 Å². The smallest absolute Gasteiger partial charge is 0.258 e. The van der Waals surface area contributed by atoms with Crippen molar-refractivity contribution in [1.82, 2.24) is 4.90 Å². The molecule has 5 nitrogen and oxygen atoms in total. The number of carbonyl (C=O) groups excluding carboxylic acids is 1. The highest BCUT2D eigenvalue weighted by atomic mass is 32.2. The van der Waals surface area contributed by atoms with E-state index in [0.29, 0.717) is 17.9 Å². The second-order valence-electron chi connectivity index (χ2n) is 5.53. The maximum absolute atomic E-state index is 13.1. The lowest BCUT2D eigenvalue weighted by atomic mass is 10.1. The van der Waals surface area contributed by atoms with Crippen molar-refractivity contribution in [3.8, 4) is 17.2 Å². The number of amides is 1. The number of nitrogens with zero attached hydrogens (tertiary/aromatic N) is 1. The molecule has 0 spiro atoms. The average Bonchev–Trinajstić information content (AvgIpc) is 3.16. The number of rotatable bonds is 5. The van der Waals surface area contributed by atoms with Crippen LogP contribution in [0.3, 0.4) is 0 Å². The molecule has 1 heterocycles. The quantitative estimate of drug-likeness (QED) is 0.816. The number of hydrogen-bond donors (Lipinski definition) is 0. The van der Waals surface area contributed by atoms with Crippen LogP contribution in [0.25, 0.3) is 0 Å². The third kappa shape index (κ3) is 3.39. The normalized spacial score (nSPS) is 16.6. The molecule has 2 aromatic rings. The zero-order chi connectivity index (χ0) is 17.8. The maximum Gasteiger partial charge on any atom is 0.258 e. The van der Waals surface area contributed by atoms with E-state index in [2.05, 4.69) is 0 Å². The minimum Gasteiger partial charge on any atom is -0.497 e. The predicted molar refractivity (Wildman–Crippen MR) is 98.8 cm³/mol. The average molecular weight is 359 g/mol. The molecule has 1 amide bonds. The first-order chi connectivity index (χ1) is 12.2. The highest BCUT2D eigenvalue weighted by Gasteiger charge is 2.34. The summed E-state index contributed by atoms with van der Waals surface area (Å²) >= 11 is 1.72. The summed E-state index contributed by atoms with van der Waals surface area (Å²) in [5.41, 5.74) is 1.51. The van der Waals surface area contributed by atoms with Crippen molar-refractivity contribution in [2.24, 2.45) is 0 Å². The number of para-hydroxylation sites is 1. The molecule has 0 radical (unpaired) electrons. The summed E-state index contributed by atoms with van der Waals surface area (Å²) in [7, 11) is 4.84. The van der Waals surface area contributed by atoms with Crippen LogP contribution in [0.5, 0.6) is 17.2 Å². The number of thioether (sulfide) groups is 1. The summed E-state index contributed by atoms with van der Waals surface area (Å²) in [6, 6.07) is 13.0. The SMILES string of the molecule is COc1ccc(OC)c(C2SCCN2C(=O)c2ccccc2OC)c1. The molecule has 1 unspecified atom stereocenters. The summed E-state index contributed by atoms with van der Waals surface area (Å²) in [5.74, 6) is 2.90. The van der Waals surface area contributed by atoms with Crippen LogP contribution in [0.15, 0.2) is 42.5 Å². The first kappa shape index (κ1) is 17.5. The zero-order valence-electron chi connectivity index (χ0n) is 14.5. The van der Waals surface area contributed by atoms with Gasteiger partial charge in [-0.1, -0.05) is 12.1 Å². The van der Waals surface area contributed by atoms with Crippen molar-refractivity contribution in [1.29, 1.82) is 0 Å². The van der Waals surface area contributed by atoms with E-state index < -0.39 is 0 Å². The molecule has 1 aliphatic rings. The van der Waals surface area contributed by atoms with Gasteiger partial charge in [-0.05, 0) is 30.3 Å². The van der Waals surface area contributed by atoms with Crippen molar-refractivity contribution >= 4 is 17.7 Å². The van der Waals surface area contributed by atoms with E-state index in [1.165, 1.54) is 0 Å². The van der Waals surface area contributed by atoms with Crippen molar-refractivity contribution < 1.29 is 19.0 Å². The van der Waals surface area contributed by atoms with Crippen molar-refractivity contribution in [2.75, 3.05) is 33.6 Å². The Morgan fingerprint density at radius 2 is 1.80 bits per heavy atom. The number of hydrogen-bond acceptors (Lipinski definition) is 5. The summed E-state index contributed by atoms with van der Waals surface area (Å²) in [6.45, 7) is 0.673. The minimum atomic E-state index is -0.123. The van der Waals surface area contributed by atoms with E-state index in [0.717, 1.165) is 22.8 Å². The number of methoxy groups -OCH3 is 3. The number of carbonyl (C=O) groups is 1. The summed E-state index contributed by atoms with van der Waals surface area (Å²) in [6.07, 6.45) is 0. The summed E-state index contributed by atoms with van der Waals surface area (Å²) in [4.78, 5) is 15.0. The van der Waals surface area contributed by atoms with Gasteiger partial charge < -0.3 is 19.1 Å². The molecule has 0 aliphatic carbocycles. The van der Waals surface area contributed by atoms with Gasteiger partial charge in [0.15, 0.2) is 0 Å². The molecule has 1 fully saturated rings. The second kappa shape index (κ2) is 7.70. The van der Waals surface area contributed by atoms with Crippen molar-refractivity contribution in [3.63, 3.8) is 0 Å². The van der Waals surface area contributed by atoms with Crippen LogP contribution in [0, 0.1) is 0 Å². The standard InChI is InChI=1S/C19H21NO4S/c1-22-13-8-9-17(24-3)15(12-13)19-20(10-11-25-19)18(21)14-6-4-5-7-16(14)23-2/h4-9,12,19H,10-11H2,1-3H3. The third-order valence-electron chi connectivity index (χ3n) is 4.19. The summed E-state index contributed by atoms with van der Waals surface area (Å²) in [5, 5.41) is -0.123. The molecule has 2 aromatic carbocycles. The van der Waals surface area contributed by atoms with Gasteiger partial charge >= 0.3 is 0 Å². The van der Waals surface area contributed by atoms with Crippen molar-refractivity contribution in [2.45, 2.75) is 5.37 Å². The molecule has 3 rings (SSSR count). The molecule has 1 atom stereocenters. The molecule has 0 bridgehead atoms. The largest absolute Gasteiger partial charge is 0.497 e. The fourth-order valence-electron chi connectivity index (χ4n) is 2.94. The predicted octanol–water partition coefficient (Wildman–Crippen LogP) is 3.60. The van der Waals surface area contributed by atoms with Crippen LogP contribution in [0.4, 0.5) is 0 Å². The van der Waals surface area contributed by atoms with Gasteiger partial charge in [0.1, 0.15) is 22.6 Å². The van der Waals surface area contributed by atoms with Crippen LogP contribution in [-0.4, -0.2) is 44.4 Å². The minimum absolute atomic E-state index is 0.0441. The Morgan fingerprint density at radius 3 is 2.52 bits per heavy atom. The van der Waals surface area contributed by atoms with Crippen LogP contribution >= 0.6 is 11.8 Å². The van der Waals surface area contributed by atoms with Crippen molar-refractivity contribution in [3.05, 3.63) is 53.6 Å². The summed E-state index contributed by atoms with van der Waals surface area (Å²) < 4.78 is 16.2. The number of benzene rings is 2. The first-order valence-electron chi connectivity index (χ1n) is 7.97. The van der Waals surface area contributed by atoms with Crippen LogP contribution < -0.4 is 14.2 Å². The fraction of sp³-hybridized carbons (Fsp3) is 0.316. The zero-order valence-corrected chi connectivity index (χ0v) is 15.3. The van der Waals surface area contributed by atoms with E-state index in [-0.39, 0.29) is 11.3 Å². The van der Waals surface area contributed by atoms with E-state index in [1.54, 1.807) is 45.2 Å². The van der Waals surface area contributed by atoms with Gasteiger partial charge in [-0.25, -0.2) is 0 Å². The van der Waals surface area contributed by atoms with Gasteiger partial charge in [-0.2, -0.15) is 0 Å². The molecule has 0 N–H and O–H groups in total. The molecular weight excluding hydrogens is 338 g/mol. The van der Waals surface area contributed by atoms with Gasteiger partial charge in [0.25, 0.3) is 5.91 Å². The monoisotopic (exact) mass is 359 g/mol. The maximum atomic E-state index is 13.1. The molecule has 0 aromatic heterocycles. The van der Waals surface area contributed by atoms with Gasteiger partial charge in [0.2, 0.25) is 0 Å². The number of ether oxygens (including phenoxy) is 3. The van der Waals surface area contributed by atoms with E-state index >= 15 is 0 Å². The second-order valence-corrected chi connectivity index (χ2v) is 6.72. The molecule has 25 heavy (non-hydrogen) atoms. The Kier molecular flexibility index (Phi) is 5.38. The van der Waals surface area contributed by atoms with Gasteiger partial charge in [-0.3, -0.25) is 4.79 Å².